The van der Waals surface area contributed by atoms with Crippen molar-refractivity contribution < 1.29 is 9.53 Å². The van der Waals surface area contributed by atoms with Crippen LogP contribution in [0, 0.1) is 0 Å². The second-order valence-corrected chi connectivity index (χ2v) is 3.23. The second-order valence-electron chi connectivity index (χ2n) is 3.23. The average Bonchev–Trinajstić information content (AvgIpc) is 2.19. The molecule has 0 bridgehead atoms. The van der Waals surface area contributed by atoms with E-state index in [0.717, 1.165) is 39.3 Å². The molecule has 1 aliphatic heterocycles. The minimum Gasteiger partial charge on any atom is -0.379 e. The van der Waals surface area contributed by atoms with Gasteiger partial charge in [-0.25, -0.2) is 0 Å². The molecule has 4 heteroatoms. The van der Waals surface area contributed by atoms with Crippen LogP contribution in [0.15, 0.2) is 0 Å². The van der Waals surface area contributed by atoms with Crippen molar-refractivity contribution in [1.82, 2.24) is 10.2 Å². The largest absolute Gasteiger partial charge is 0.379 e. The second kappa shape index (κ2) is 5.94. The first kappa shape index (κ1) is 10.5. The van der Waals surface area contributed by atoms with Crippen LogP contribution >= 0.6 is 0 Å². The van der Waals surface area contributed by atoms with E-state index in [9.17, 15) is 4.79 Å². The maximum atomic E-state index is 10.9. The summed E-state index contributed by atoms with van der Waals surface area (Å²) in [6.07, 6.45) is 1.58. The maximum Gasteiger partial charge on any atom is 0.219 e. The Morgan fingerprint density at radius 3 is 2.77 bits per heavy atom. The molecule has 1 rings (SSSR count). The van der Waals surface area contributed by atoms with E-state index < -0.39 is 0 Å². The molecule has 0 aliphatic carbocycles. The highest BCUT2D eigenvalue weighted by atomic mass is 16.5. The van der Waals surface area contributed by atoms with Crippen LogP contribution < -0.4 is 5.32 Å². The first-order chi connectivity index (χ1) is 6.33. The Bertz CT molecular complexity index is 156. The number of hydrogen-bond acceptors (Lipinski definition) is 3. The van der Waals surface area contributed by atoms with Crippen LogP contribution in [0.2, 0.25) is 0 Å². The van der Waals surface area contributed by atoms with E-state index in [1.807, 2.05) is 0 Å². The molecule has 0 unspecified atom stereocenters. The zero-order valence-corrected chi connectivity index (χ0v) is 8.21. The fourth-order valence-corrected chi connectivity index (χ4v) is 1.41. The Kier molecular flexibility index (Phi) is 4.78. The van der Waals surface area contributed by atoms with Gasteiger partial charge < -0.3 is 10.1 Å². The zero-order valence-electron chi connectivity index (χ0n) is 8.21. The molecule has 76 valence electrons. The van der Waals surface area contributed by atoms with Crippen molar-refractivity contribution in [3.05, 3.63) is 0 Å². The average molecular weight is 186 g/mol. The molecule has 0 aromatic carbocycles. The summed E-state index contributed by atoms with van der Waals surface area (Å²) in [5.41, 5.74) is 0. The Morgan fingerprint density at radius 1 is 1.46 bits per heavy atom. The summed E-state index contributed by atoms with van der Waals surface area (Å²) in [7, 11) is 1.68. The maximum absolute atomic E-state index is 10.9. The molecule has 0 saturated carbocycles. The number of morpholine rings is 1. The van der Waals surface area contributed by atoms with E-state index in [4.69, 9.17) is 4.74 Å². The molecular formula is C9H18N2O2. The smallest absolute Gasteiger partial charge is 0.219 e. The lowest BCUT2D eigenvalue weighted by Gasteiger charge is -2.26. The van der Waals surface area contributed by atoms with E-state index in [0.29, 0.717) is 6.42 Å². The number of nitrogens with one attached hydrogen (secondary N) is 1. The number of nitrogens with zero attached hydrogens (tertiary/aromatic N) is 1. The number of carbonyl (C=O) groups is 1. The molecule has 0 aromatic rings. The van der Waals surface area contributed by atoms with Gasteiger partial charge in [0.05, 0.1) is 13.2 Å². The molecule has 1 amide bonds. The molecule has 1 fully saturated rings. The number of amides is 1. The standard InChI is InChI=1S/C9H18N2O2/c1-10-9(12)3-2-4-11-5-7-13-8-6-11/h2-8H2,1H3,(H,10,12). The van der Waals surface area contributed by atoms with Crippen LogP contribution in [0.25, 0.3) is 0 Å². The summed E-state index contributed by atoms with van der Waals surface area (Å²) in [5.74, 6) is 0.133. The molecule has 0 aromatic heterocycles. The van der Waals surface area contributed by atoms with Gasteiger partial charge in [0.2, 0.25) is 5.91 Å². The lowest BCUT2D eigenvalue weighted by Crippen LogP contribution is -2.37. The SMILES string of the molecule is CNC(=O)CCCN1CCOCC1. The van der Waals surface area contributed by atoms with E-state index in [2.05, 4.69) is 10.2 Å². The van der Waals surface area contributed by atoms with Crippen molar-refractivity contribution in [2.45, 2.75) is 12.8 Å². The lowest BCUT2D eigenvalue weighted by molar-refractivity contribution is -0.120. The highest BCUT2D eigenvalue weighted by molar-refractivity contribution is 5.75. The Hall–Kier alpha value is -0.610. The van der Waals surface area contributed by atoms with Gasteiger partial charge in [0.15, 0.2) is 0 Å². The molecule has 4 nitrogen and oxygen atoms in total. The number of carbonyl (C=O) groups excluding carboxylic acids is 1. The van der Waals surface area contributed by atoms with Crippen molar-refractivity contribution >= 4 is 5.91 Å². The van der Waals surface area contributed by atoms with Gasteiger partial charge in [0.1, 0.15) is 0 Å². The molecular weight excluding hydrogens is 168 g/mol. The third kappa shape index (κ3) is 4.24. The quantitative estimate of drug-likeness (QED) is 0.663. The predicted octanol–water partition coefficient (Wildman–Crippen LogP) is -0.155. The Balaban J connectivity index is 2.01. The monoisotopic (exact) mass is 186 g/mol. The fourth-order valence-electron chi connectivity index (χ4n) is 1.41. The number of ether oxygens (including phenoxy) is 1. The highest BCUT2D eigenvalue weighted by Gasteiger charge is 2.09. The molecule has 1 N–H and O–H groups in total. The van der Waals surface area contributed by atoms with Gasteiger partial charge in [-0.1, -0.05) is 0 Å². The van der Waals surface area contributed by atoms with Crippen LogP contribution in [0.5, 0.6) is 0 Å². The van der Waals surface area contributed by atoms with Gasteiger partial charge in [-0.2, -0.15) is 0 Å². The minimum absolute atomic E-state index is 0.133. The fraction of sp³-hybridized carbons (Fsp3) is 0.889. The summed E-state index contributed by atoms with van der Waals surface area (Å²) in [6.45, 7) is 4.69. The van der Waals surface area contributed by atoms with E-state index in [1.54, 1.807) is 7.05 Å². The first-order valence-electron chi connectivity index (χ1n) is 4.83. The van der Waals surface area contributed by atoms with E-state index in [1.165, 1.54) is 0 Å². The zero-order chi connectivity index (χ0) is 9.52. The van der Waals surface area contributed by atoms with E-state index in [-0.39, 0.29) is 5.91 Å². The van der Waals surface area contributed by atoms with Crippen molar-refractivity contribution in [3.8, 4) is 0 Å². The molecule has 1 heterocycles. The third-order valence-corrected chi connectivity index (χ3v) is 2.26. The van der Waals surface area contributed by atoms with Crippen LogP contribution in [-0.4, -0.2) is 50.7 Å². The predicted molar refractivity (Wildman–Crippen MR) is 50.6 cm³/mol. The summed E-state index contributed by atoms with van der Waals surface area (Å²) in [6, 6.07) is 0. The topological polar surface area (TPSA) is 41.6 Å². The summed E-state index contributed by atoms with van der Waals surface area (Å²) < 4.78 is 5.23. The molecule has 13 heavy (non-hydrogen) atoms. The van der Waals surface area contributed by atoms with Crippen LogP contribution in [0.1, 0.15) is 12.8 Å². The van der Waals surface area contributed by atoms with Gasteiger partial charge in [0, 0.05) is 26.6 Å². The first-order valence-corrected chi connectivity index (χ1v) is 4.83. The number of rotatable bonds is 4. The minimum atomic E-state index is 0.133. The van der Waals surface area contributed by atoms with Crippen molar-refractivity contribution in [1.29, 1.82) is 0 Å². The van der Waals surface area contributed by atoms with Gasteiger partial charge in [-0.15, -0.1) is 0 Å². The third-order valence-electron chi connectivity index (χ3n) is 2.26. The molecule has 1 saturated heterocycles. The molecule has 1 aliphatic rings. The highest BCUT2D eigenvalue weighted by Crippen LogP contribution is 1.99. The van der Waals surface area contributed by atoms with E-state index >= 15 is 0 Å². The number of hydrogen-bond donors (Lipinski definition) is 1. The molecule has 0 radical (unpaired) electrons. The molecule has 0 atom stereocenters. The van der Waals surface area contributed by atoms with Crippen molar-refractivity contribution in [2.75, 3.05) is 39.9 Å². The van der Waals surface area contributed by atoms with Crippen LogP contribution in [-0.2, 0) is 9.53 Å². The Morgan fingerprint density at radius 2 is 2.15 bits per heavy atom. The van der Waals surface area contributed by atoms with Gasteiger partial charge >= 0.3 is 0 Å². The summed E-state index contributed by atoms with van der Waals surface area (Å²) in [4.78, 5) is 13.2. The van der Waals surface area contributed by atoms with Crippen molar-refractivity contribution in [3.63, 3.8) is 0 Å². The van der Waals surface area contributed by atoms with Crippen LogP contribution in [0.3, 0.4) is 0 Å². The lowest BCUT2D eigenvalue weighted by atomic mass is 10.2. The van der Waals surface area contributed by atoms with Crippen LogP contribution in [0.4, 0.5) is 0 Å². The van der Waals surface area contributed by atoms with Gasteiger partial charge in [0.25, 0.3) is 0 Å². The van der Waals surface area contributed by atoms with Gasteiger partial charge in [-0.05, 0) is 13.0 Å². The molecule has 0 spiro atoms. The summed E-state index contributed by atoms with van der Waals surface area (Å²) >= 11 is 0. The Labute approximate surface area is 79.2 Å². The van der Waals surface area contributed by atoms with Gasteiger partial charge in [-0.3, -0.25) is 9.69 Å². The summed E-state index contributed by atoms with van der Waals surface area (Å²) in [5, 5.41) is 2.62. The van der Waals surface area contributed by atoms with Crippen molar-refractivity contribution in [2.24, 2.45) is 0 Å². The normalized spacial score (nSPS) is 18.5.